The molecule has 2 rings (SSSR count). The van der Waals surface area contributed by atoms with Gasteiger partial charge in [0.2, 0.25) is 5.91 Å². The topological polar surface area (TPSA) is 36.4 Å². The van der Waals surface area contributed by atoms with Crippen LogP contribution in [-0.2, 0) is 11.0 Å². The van der Waals surface area contributed by atoms with Gasteiger partial charge in [0, 0.05) is 44.0 Å². The lowest BCUT2D eigenvalue weighted by Gasteiger charge is -2.36. The van der Waals surface area contributed by atoms with Gasteiger partial charge in [-0.2, -0.15) is 24.9 Å². The summed E-state index contributed by atoms with van der Waals surface area (Å²) in [4.78, 5) is 20.4. The predicted molar refractivity (Wildman–Crippen MR) is 104 cm³/mol. The molecule has 0 radical (unpaired) electrons. The molecule has 4 nitrogen and oxygen atoms in total. The summed E-state index contributed by atoms with van der Waals surface area (Å²) in [7, 11) is 1.85. The van der Waals surface area contributed by atoms with Gasteiger partial charge in [0.1, 0.15) is 5.82 Å². The molecule has 0 aromatic carbocycles. The Morgan fingerprint density at radius 1 is 1.44 bits per heavy atom. The number of halogens is 4. The average molecular weight is 424 g/mol. The van der Waals surface area contributed by atoms with E-state index >= 15 is 0 Å². The summed E-state index contributed by atoms with van der Waals surface area (Å²) in [6.45, 7) is 3.16. The Balaban J connectivity index is 2.00. The lowest BCUT2D eigenvalue weighted by atomic mass is 9.94. The van der Waals surface area contributed by atoms with E-state index in [1.807, 2.05) is 23.1 Å². The van der Waals surface area contributed by atoms with Crippen LogP contribution in [0, 0.1) is 5.92 Å². The zero-order chi connectivity index (χ0) is 20.2. The number of piperidine rings is 1. The molecule has 1 aliphatic heterocycles. The zero-order valence-electron chi connectivity index (χ0n) is 15.7. The first-order chi connectivity index (χ1) is 12.7. The van der Waals surface area contributed by atoms with Crippen LogP contribution in [0.1, 0.15) is 31.7 Å². The third kappa shape index (κ3) is 5.44. The van der Waals surface area contributed by atoms with Crippen LogP contribution in [-0.4, -0.2) is 54.0 Å². The molecule has 1 atom stereocenters. The minimum atomic E-state index is -4.47. The van der Waals surface area contributed by atoms with E-state index in [0.29, 0.717) is 31.7 Å². The second kappa shape index (κ2) is 9.37. The smallest absolute Gasteiger partial charge is 0.355 e. The molecule has 9 heteroatoms. The molecular weight excluding hydrogens is 399 g/mol. The molecule has 1 amide bonds. The van der Waals surface area contributed by atoms with Crippen molar-refractivity contribution in [1.29, 1.82) is 0 Å². The van der Waals surface area contributed by atoms with E-state index < -0.39 is 11.7 Å². The molecule has 0 saturated carbocycles. The summed E-state index contributed by atoms with van der Waals surface area (Å²) in [5.41, 5.74) is -0.859. The predicted octanol–water partition coefficient (Wildman–Crippen LogP) is 4.57. The fraction of sp³-hybridized carbons (Fsp3) is 0.667. The molecule has 1 aliphatic rings. The molecule has 0 aliphatic carbocycles. The Bertz CT molecular complexity index is 651. The standard InChI is InChI=1S/C18H25ClF3N3OS/c1-4-14(11-27-3)24(2)17(26)12-5-7-25(8-6-12)16-15(19)9-13(10-23-16)18(20,21)22/h9-10,12,14H,4-8,11H2,1-3H3. The molecule has 27 heavy (non-hydrogen) atoms. The second-order valence-corrected chi connectivity index (χ2v) is 8.07. The normalized spacial score (nSPS) is 17.1. The minimum Gasteiger partial charge on any atom is -0.355 e. The largest absolute Gasteiger partial charge is 0.417 e. The van der Waals surface area contributed by atoms with E-state index in [1.165, 1.54) is 0 Å². The molecule has 0 bridgehead atoms. The molecule has 0 N–H and O–H groups in total. The maximum Gasteiger partial charge on any atom is 0.417 e. The van der Waals surface area contributed by atoms with E-state index in [4.69, 9.17) is 11.6 Å². The number of thioether (sulfide) groups is 1. The van der Waals surface area contributed by atoms with Crippen molar-refractivity contribution in [3.05, 3.63) is 22.8 Å². The number of hydrogen-bond donors (Lipinski definition) is 0. The number of aromatic nitrogens is 1. The minimum absolute atomic E-state index is 0.0160. The Kier molecular flexibility index (Phi) is 7.68. The van der Waals surface area contributed by atoms with Crippen LogP contribution in [0.15, 0.2) is 12.3 Å². The summed E-state index contributed by atoms with van der Waals surface area (Å²) in [5.74, 6) is 1.32. The maximum atomic E-state index is 12.8. The van der Waals surface area contributed by atoms with Crippen LogP contribution < -0.4 is 4.90 Å². The van der Waals surface area contributed by atoms with Crippen molar-refractivity contribution in [2.75, 3.05) is 37.0 Å². The van der Waals surface area contributed by atoms with Crippen molar-refractivity contribution >= 4 is 35.1 Å². The highest BCUT2D eigenvalue weighted by Gasteiger charge is 2.33. The molecule has 1 unspecified atom stereocenters. The number of carbonyl (C=O) groups excluding carboxylic acids is 1. The van der Waals surface area contributed by atoms with E-state index in [2.05, 4.69) is 11.9 Å². The van der Waals surface area contributed by atoms with Gasteiger partial charge in [0.25, 0.3) is 0 Å². The van der Waals surface area contributed by atoms with Crippen LogP contribution in [0.4, 0.5) is 19.0 Å². The van der Waals surface area contributed by atoms with Crippen LogP contribution >= 0.6 is 23.4 Å². The van der Waals surface area contributed by atoms with Crippen LogP contribution in [0.3, 0.4) is 0 Å². The van der Waals surface area contributed by atoms with Gasteiger partial charge >= 0.3 is 6.18 Å². The van der Waals surface area contributed by atoms with Gasteiger partial charge in [-0.3, -0.25) is 4.79 Å². The van der Waals surface area contributed by atoms with Gasteiger partial charge in [0.15, 0.2) is 0 Å². The Morgan fingerprint density at radius 2 is 2.07 bits per heavy atom. The third-order valence-corrected chi connectivity index (χ3v) is 6.01. The van der Waals surface area contributed by atoms with Crippen LogP contribution in [0.25, 0.3) is 0 Å². The van der Waals surface area contributed by atoms with E-state index in [-0.39, 0.29) is 22.9 Å². The second-order valence-electron chi connectivity index (χ2n) is 6.76. The van der Waals surface area contributed by atoms with Gasteiger partial charge in [0.05, 0.1) is 10.6 Å². The average Bonchev–Trinajstić information content (AvgIpc) is 2.64. The molecular formula is C18H25ClF3N3OS. The monoisotopic (exact) mass is 423 g/mol. The number of hydrogen-bond acceptors (Lipinski definition) is 4. The Hall–Kier alpha value is -1.15. The summed E-state index contributed by atoms with van der Waals surface area (Å²) < 4.78 is 38.3. The van der Waals surface area contributed by atoms with Crippen LogP contribution in [0.2, 0.25) is 5.02 Å². The molecule has 1 aromatic rings. The summed E-state index contributed by atoms with van der Waals surface area (Å²) in [6, 6.07) is 1.12. The molecule has 0 spiro atoms. The SMILES string of the molecule is CCC(CSC)N(C)C(=O)C1CCN(c2ncc(C(F)(F)F)cc2Cl)CC1. The first-order valence-corrected chi connectivity index (χ1v) is 10.7. The first kappa shape index (κ1) is 22.1. The molecule has 1 saturated heterocycles. The summed E-state index contributed by atoms with van der Waals surface area (Å²) in [6.07, 6.45) is 0.551. The van der Waals surface area contributed by atoms with Crippen molar-refractivity contribution in [1.82, 2.24) is 9.88 Å². The first-order valence-electron chi connectivity index (χ1n) is 8.92. The number of alkyl halides is 3. The van der Waals surface area contributed by atoms with Gasteiger partial charge in [-0.1, -0.05) is 18.5 Å². The van der Waals surface area contributed by atoms with Crippen molar-refractivity contribution < 1.29 is 18.0 Å². The molecule has 1 aromatic heterocycles. The number of anilines is 1. The van der Waals surface area contributed by atoms with Crippen LogP contribution in [0.5, 0.6) is 0 Å². The highest BCUT2D eigenvalue weighted by molar-refractivity contribution is 7.98. The number of carbonyl (C=O) groups is 1. The van der Waals surface area contributed by atoms with E-state index in [1.54, 1.807) is 11.8 Å². The van der Waals surface area contributed by atoms with E-state index in [9.17, 15) is 18.0 Å². The lowest BCUT2D eigenvalue weighted by Crippen LogP contribution is -2.45. The molecule has 2 heterocycles. The maximum absolute atomic E-state index is 12.8. The number of nitrogens with zero attached hydrogens (tertiary/aromatic N) is 3. The fourth-order valence-electron chi connectivity index (χ4n) is 3.32. The van der Waals surface area contributed by atoms with E-state index in [0.717, 1.165) is 24.4 Å². The van der Waals surface area contributed by atoms with Crippen molar-refractivity contribution in [2.45, 2.75) is 38.4 Å². The van der Waals surface area contributed by atoms with Crippen molar-refractivity contribution in [2.24, 2.45) is 5.92 Å². The molecule has 1 fully saturated rings. The van der Waals surface area contributed by atoms with Crippen molar-refractivity contribution in [3.63, 3.8) is 0 Å². The number of rotatable bonds is 6. The van der Waals surface area contributed by atoms with Gasteiger partial charge < -0.3 is 9.80 Å². The summed E-state index contributed by atoms with van der Waals surface area (Å²) >= 11 is 7.76. The van der Waals surface area contributed by atoms with Gasteiger partial charge in [-0.25, -0.2) is 4.98 Å². The third-order valence-electron chi connectivity index (χ3n) is 5.02. The zero-order valence-corrected chi connectivity index (χ0v) is 17.3. The Labute approximate surface area is 167 Å². The highest BCUT2D eigenvalue weighted by atomic mass is 35.5. The quantitative estimate of drug-likeness (QED) is 0.671. The Morgan fingerprint density at radius 3 is 2.56 bits per heavy atom. The fourth-order valence-corrected chi connectivity index (χ4v) is 4.45. The highest BCUT2D eigenvalue weighted by Crippen LogP contribution is 2.34. The molecule has 152 valence electrons. The van der Waals surface area contributed by atoms with Crippen molar-refractivity contribution in [3.8, 4) is 0 Å². The lowest BCUT2D eigenvalue weighted by molar-refractivity contribution is -0.138. The number of amides is 1. The van der Waals surface area contributed by atoms with Gasteiger partial charge in [-0.05, 0) is 31.6 Å². The summed E-state index contributed by atoms with van der Waals surface area (Å²) in [5, 5.41) is -0.0160. The van der Waals surface area contributed by atoms with Gasteiger partial charge in [-0.15, -0.1) is 0 Å². The number of pyridine rings is 1.